The highest BCUT2D eigenvalue weighted by atomic mass is 16.3. The second-order valence-corrected chi connectivity index (χ2v) is 5.75. The monoisotopic (exact) mass is 303 g/mol. The highest BCUT2D eigenvalue weighted by Gasteiger charge is 2.22. The Morgan fingerprint density at radius 2 is 1.91 bits per heavy atom. The number of aromatic hydroxyl groups is 1. The minimum Gasteiger partial charge on any atom is -0.508 e. The Morgan fingerprint density at radius 3 is 2.59 bits per heavy atom. The van der Waals surface area contributed by atoms with Crippen molar-refractivity contribution in [3.8, 4) is 5.75 Å². The third-order valence-electron chi connectivity index (χ3n) is 4.13. The number of anilines is 1. The quantitative estimate of drug-likeness (QED) is 0.793. The molecule has 0 atom stereocenters. The SMILES string of the molecule is CCCn1nnnc1C[NH+]1CCN(c2ccc(O)cc2)CC1. The molecule has 0 saturated carbocycles. The third kappa shape index (κ3) is 3.36. The first-order chi connectivity index (χ1) is 10.8. The number of nitrogens with zero attached hydrogens (tertiary/aromatic N) is 5. The molecular formula is C15H23N6O+. The highest BCUT2D eigenvalue weighted by Crippen LogP contribution is 2.18. The average molecular weight is 303 g/mol. The first-order valence-electron chi connectivity index (χ1n) is 7.89. The van der Waals surface area contributed by atoms with E-state index in [0.29, 0.717) is 5.75 Å². The number of quaternary nitrogens is 1. The number of rotatable bonds is 5. The molecule has 22 heavy (non-hydrogen) atoms. The van der Waals surface area contributed by atoms with Crippen LogP contribution in [0.1, 0.15) is 19.2 Å². The largest absolute Gasteiger partial charge is 0.508 e. The summed E-state index contributed by atoms with van der Waals surface area (Å²) in [7, 11) is 0. The summed E-state index contributed by atoms with van der Waals surface area (Å²) in [6, 6.07) is 7.44. The number of phenolic OH excluding ortho intramolecular Hbond substituents is 1. The van der Waals surface area contributed by atoms with E-state index in [1.54, 1.807) is 12.1 Å². The van der Waals surface area contributed by atoms with Gasteiger partial charge >= 0.3 is 0 Å². The lowest BCUT2D eigenvalue weighted by atomic mass is 10.2. The van der Waals surface area contributed by atoms with Gasteiger partial charge in [0.25, 0.3) is 0 Å². The van der Waals surface area contributed by atoms with Gasteiger partial charge in [0, 0.05) is 12.2 Å². The average Bonchev–Trinajstić information content (AvgIpc) is 2.97. The van der Waals surface area contributed by atoms with Gasteiger partial charge in [-0.3, -0.25) is 0 Å². The molecule has 2 aromatic rings. The second kappa shape index (κ2) is 6.74. The molecule has 7 nitrogen and oxygen atoms in total. The van der Waals surface area contributed by atoms with Crippen LogP contribution < -0.4 is 9.80 Å². The standard InChI is InChI=1S/C15H22N6O/c1-2-7-21-15(16-17-18-21)12-19-8-10-20(11-9-19)13-3-5-14(22)6-4-13/h3-6,22H,2,7-12H2,1H3/p+1. The maximum Gasteiger partial charge on any atom is 0.206 e. The van der Waals surface area contributed by atoms with Gasteiger partial charge < -0.3 is 14.9 Å². The molecule has 1 aromatic heterocycles. The topological polar surface area (TPSA) is 71.5 Å². The number of tetrazole rings is 1. The molecule has 2 N–H and O–H groups in total. The van der Waals surface area contributed by atoms with E-state index in [0.717, 1.165) is 51.5 Å². The molecule has 118 valence electrons. The Bertz CT molecular complexity index is 588. The molecule has 0 radical (unpaired) electrons. The van der Waals surface area contributed by atoms with Crippen LogP contribution in [0.3, 0.4) is 0 Å². The van der Waals surface area contributed by atoms with Crippen LogP contribution in [-0.4, -0.2) is 51.5 Å². The molecule has 0 aliphatic carbocycles. The van der Waals surface area contributed by atoms with Gasteiger partial charge in [0.15, 0.2) is 0 Å². The van der Waals surface area contributed by atoms with Crippen LogP contribution in [0, 0.1) is 0 Å². The molecule has 2 heterocycles. The molecule has 0 bridgehead atoms. The lowest BCUT2D eigenvalue weighted by Crippen LogP contribution is -3.13. The van der Waals surface area contributed by atoms with Crippen molar-refractivity contribution in [2.45, 2.75) is 26.4 Å². The molecule has 3 rings (SSSR count). The first-order valence-corrected chi connectivity index (χ1v) is 7.89. The van der Waals surface area contributed by atoms with Gasteiger partial charge in [-0.15, -0.1) is 5.10 Å². The van der Waals surface area contributed by atoms with Crippen molar-refractivity contribution < 1.29 is 10.0 Å². The zero-order chi connectivity index (χ0) is 15.4. The Kier molecular flexibility index (Phi) is 4.53. The summed E-state index contributed by atoms with van der Waals surface area (Å²) >= 11 is 0. The van der Waals surface area contributed by atoms with Crippen LogP contribution in [0.25, 0.3) is 0 Å². The van der Waals surface area contributed by atoms with E-state index in [2.05, 4.69) is 27.3 Å². The van der Waals surface area contributed by atoms with Gasteiger partial charge in [-0.1, -0.05) is 6.92 Å². The van der Waals surface area contributed by atoms with E-state index >= 15 is 0 Å². The van der Waals surface area contributed by atoms with E-state index in [1.165, 1.54) is 10.6 Å². The van der Waals surface area contributed by atoms with E-state index in [9.17, 15) is 5.11 Å². The van der Waals surface area contributed by atoms with Gasteiger partial charge in [0.05, 0.1) is 26.2 Å². The van der Waals surface area contributed by atoms with Gasteiger partial charge in [-0.25, -0.2) is 4.68 Å². The summed E-state index contributed by atoms with van der Waals surface area (Å²) in [6.07, 6.45) is 1.04. The van der Waals surface area contributed by atoms with Crippen molar-refractivity contribution in [3.05, 3.63) is 30.1 Å². The van der Waals surface area contributed by atoms with Crippen molar-refractivity contribution in [3.63, 3.8) is 0 Å². The van der Waals surface area contributed by atoms with Crippen molar-refractivity contribution in [1.82, 2.24) is 20.2 Å². The van der Waals surface area contributed by atoms with Crippen LogP contribution >= 0.6 is 0 Å². The zero-order valence-corrected chi connectivity index (χ0v) is 12.9. The first kappa shape index (κ1) is 14.8. The number of nitrogens with one attached hydrogen (secondary N) is 1. The molecule has 0 amide bonds. The summed E-state index contributed by atoms with van der Waals surface area (Å²) in [5, 5.41) is 21.4. The van der Waals surface area contributed by atoms with Gasteiger partial charge in [-0.2, -0.15) is 0 Å². The maximum atomic E-state index is 9.37. The lowest BCUT2D eigenvalue weighted by Gasteiger charge is -2.33. The number of aromatic nitrogens is 4. The summed E-state index contributed by atoms with van der Waals surface area (Å²) in [6.45, 7) is 8.06. The molecule has 1 saturated heterocycles. The van der Waals surface area contributed by atoms with Crippen LogP contribution in [0.5, 0.6) is 5.75 Å². The Labute approximate surface area is 130 Å². The molecular weight excluding hydrogens is 280 g/mol. The number of piperazine rings is 1. The number of hydrogen-bond donors (Lipinski definition) is 2. The van der Waals surface area contributed by atoms with Crippen LogP contribution in [-0.2, 0) is 13.1 Å². The van der Waals surface area contributed by atoms with Crippen LogP contribution in [0.4, 0.5) is 5.69 Å². The number of benzene rings is 1. The fraction of sp³-hybridized carbons (Fsp3) is 0.533. The van der Waals surface area contributed by atoms with Crippen molar-refractivity contribution in [1.29, 1.82) is 0 Å². The molecule has 0 unspecified atom stereocenters. The molecule has 0 spiro atoms. The fourth-order valence-electron chi connectivity index (χ4n) is 2.88. The van der Waals surface area contributed by atoms with Crippen LogP contribution in [0.15, 0.2) is 24.3 Å². The lowest BCUT2D eigenvalue weighted by molar-refractivity contribution is -0.915. The number of hydrogen-bond acceptors (Lipinski definition) is 5. The Morgan fingerprint density at radius 1 is 1.18 bits per heavy atom. The Balaban J connectivity index is 1.55. The normalized spacial score (nSPS) is 16.1. The summed E-state index contributed by atoms with van der Waals surface area (Å²) in [5.41, 5.74) is 1.17. The predicted octanol–water partition coefficient (Wildman–Crippen LogP) is -0.306. The summed E-state index contributed by atoms with van der Waals surface area (Å²) in [5.74, 6) is 1.30. The Hall–Kier alpha value is -2.15. The van der Waals surface area contributed by atoms with Crippen molar-refractivity contribution in [2.24, 2.45) is 0 Å². The molecule has 7 heteroatoms. The molecule has 1 aromatic carbocycles. The second-order valence-electron chi connectivity index (χ2n) is 5.75. The summed E-state index contributed by atoms with van der Waals surface area (Å²) < 4.78 is 1.92. The van der Waals surface area contributed by atoms with Crippen molar-refractivity contribution >= 4 is 5.69 Å². The molecule has 1 aliphatic heterocycles. The van der Waals surface area contributed by atoms with Crippen LogP contribution in [0.2, 0.25) is 0 Å². The maximum absolute atomic E-state index is 9.37. The fourth-order valence-corrected chi connectivity index (χ4v) is 2.88. The zero-order valence-electron chi connectivity index (χ0n) is 12.9. The predicted molar refractivity (Wildman–Crippen MR) is 82.8 cm³/mol. The van der Waals surface area contributed by atoms with E-state index < -0.39 is 0 Å². The van der Waals surface area contributed by atoms with E-state index in [4.69, 9.17) is 0 Å². The van der Waals surface area contributed by atoms with Gasteiger partial charge in [0.1, 0.15) is 12.3 Å². The smallest absolute Gasteiger partial charge is 0.206 e. The molecule has 1 fully saturated rings. The minimum absolute atomic E-state index is 0.316. The van der Waals surface area contributed by atoms with Gasteiger partial charge in [0.2, 0.25) is 5.82 Å². The van der Waals surface area contributed by atoms with E-state index in [-0.39, 0.29) is 0 Å². The van der Waals surface area contributed by atoms with E-state index in [1.807, 2.05) is 16.8 Å². The number of aryl methyl sites for hydroxylation is 1. The number of phenols is 1. The summed E-state index contributed by atoms with van der Waals surface area (Å²) in [4.78, 5) is 3.87. The highest BCUT2D eigenvalue weighted by molar-refractivity contribution is 5.48. The van der Waals surface area contributed by atoms with Gasteiger partial charge in [-0.05, 0) is 41.1 Å². The molecule has 1 aliphatic rings. The third-order valence-corrected chi connectivity index (χ3v) is 4.13. The minimum atomic E-state index is 0.316. The van der Waals surface area contributed by atoms with Crippen molar-refractivity contribution in [2.75, 3.05) is 31.1 Å².